The van der Waals surface area contributed by atoms with Gasteiger partial charge in [-0.05, 0) is 19.4 Å². The first-order valence-electron chi connectivity index (χ1n) is 7.43. The third-order valence-corrected chi connectivity index (χ3v) is 3.71. The van der Waals surface area contributed by atoms with Crippen LogP contribution in [0.5, 0.6) is 0 Å². The Bertz CT molecular complexity index is 706. The van der Waals surface area contributed by atoms with Crippen LogP contribution in [0, 0.1) is 6.92 Å². The molecule has 8 nitrogen and oxygen atoms in total. The lowest BCUT2D eigenvalue weighted by molar-refractivity contribution is -0.126. The molecule has 0 saturated carbocycles. The number of amides is 1. The Kier molecular flexibility index (Phi) is 5.51. The van der Waals surface area contributed by atoms with Gasteiger partial charge in [0.05, 0.1) is 6.61 Å². The number of rotatable bonds is 2. The zero-order valence-electron chi connectivity index (χ0n) is 13.2. The molecule has 126 valence electrons. The number of likely N-dealkylation sites (tertiary alicyclic amines) is 1. The van der Waals surface area contributed by atoms with Crippen molar-refractivity contribution in [3.05, 3.63) is 44.8 Å². The summed E-state index contributed by atoms with van der Waals surface area (Å²) < 4.78 is 6.63. The molecule has 1 aromatic heterocycles. The number of carbonyl (C=O) groups excluding carboxylic acids is 1. The molecule has 23 heavy (non-hydrogen) atoms. The fourth-order valence-electron chi connectivity index (χ4n) is 2.31. The van der Waals surface area contributed by atoms with Crippen LogP contribution >= 0.6 is 0 Å². The van der Waals surface area contributed by atoms with Crippen molar-refractivity contribution in [1.82, 2.24) is 14.5 Å². The van der Waals surface area contributed by atoms with Crippen LogP contribution in [0.4, 0.5) is 0 Å². The maximum Gasteiger partial charge on any atom is 0.330 e. The Morgan fingerprint density at radius 1 is 1.35 bits per heavy atom. The number of nitrogens with zero attached hydrogens (tertiary/aromatic N) is 2. The highest BCUT2D eigenvalue weighted by molar-refractivity contribution is 5.77. The quantitative estimate of drug-likeness (QED) is 0.716. The summed E-state index contributed by atoms with van der Waals surface area (Å²) >= 11 is 0. The standard InChI is InChI=1S/C10H12N2O4.C5H9NO/c1-6-4-12(10(15)11-9(6)14)8-3-2-7(5-13)16-8;1-6-4-2-3-5(6)7/h2-4,7-8,13H,5H2,1H3,(H,11,14,15);2-4H2,1H3/t7-,8+;/m0./s1. The Hall–Kier alpha value is -2.19. The first kappa shape index (κ1) is 17.2. The Morgan fingerprint density at radius 3 is 2.57 bits per heavy atom. The Balaban J connectivity index is 0.000000229. The summed E-state index contributed by atoms with van der Waals surface area (Å²) in [5, 5.41) is 8.88. The van der Waals surface area contributed by atoms with Gasteiger partial charge in [-0.1, -0.05) is 6.08 Å². The number of ether oxygens (including phenoxy) is 1. The third-order valence-electron chi connectivity index (χ3n) is 3.71. The first-order chi connectivity index (χ1) is 10.9. The van der Waals surface area contributed by atoms with Gasteiger partial charge in [0, 0.05) is 31.8 Å². The molecule has 1 amide bonds. The van der Waals surface area contributed by atoms with Crippen molar-refractivity contribution < 1.29 is 14.6 Å². The van der Waals surface area contributed by atoms with E-state index in [1.54, 1.807) is 24.0 Å². The zero-order chi connectivity index (χ0) is 17.0. The van der Waals surface area contributed by atoms with E-state index in [1.165, 1.54) is 10.8 Å². The van der Waals surface area contributed by atoms with Crippen molar-refractivity contribution >= 4 is 5.91 Å². The van der Waals surface area contributed by atoms with E-state index < -0.39 is 23.6 Å². The van der Waals surface area contributed by atoms with Crippen molar-refractivity contribution in [2.24, 2.45) is 0 Å². The van der Waals surface area contributed by atoms with E-state index in [1.807, 2.05) is 7.05 Å². The van der Waals surface area contributed by atoms with Crippen molar-refractivity contribution in [3.8, 4) is 0 Å². The smallest absolute Gasteiger partial charge is 0.330 e. The van der Waals surface area contributed by atoms with Gasteiger partial charge in [-0.25, -0.2) is 4.79 Å². The fourth-order valence-corrected chi connectivity index (χ4v) is 2.31. The molecular formula is C15H21N3O5. The van der Waals surface area contributed by atoms with Gasteiger partial charge in [-0.2, -0.15) is 0 Å². The molecule has 0 radical (unpaired) electrons. The molecule has 0 aromatic carbocycles. The van der Waals surface area contributed by atoms with Crippen molar-refractivity contribution in [2.75, 3.05) is 20.2 Å². The van der Waals surface area contributed by atoms with E-state index in [0.29, 0.717) is 11.5 Å². The van der Waals surface area contributed by atoms with Gasteiger partial charge in [0.2, 0.25) is 5.91 Å². The molecule has 3 rings (SSSR count). The van der Waals surface area contributed by atoms with Crippen molar-refractivity contribution in [1.29, 1.82) is 0 Å². The van der Waals surface area contributed by atoms with Crippen LogP contribution in [-0.2, 0) is 9.53 Å². The van der Waals surface area contributed by atoms with Crippen LogP contribution in [0.3, 0.4) is 0 Å². The second-order valence-electron chi connectivity index (χ2n) is 5.53. The summed E-state index contributed by atoms with van der Waals surface area (Å²) in [6, 6.07) is 0. The normalized spacial score (nSPS) is 23.1. The largest absolute Gasteiger partial charge is 0.393 e. The molecule has 8 heteroatoms. The molecule has 1 fully saturated rings. The van der Waals surface area contributed by atoms with E-state index in [-0.39, 0.29) is 6.61 Å². The Morgan fingerprint density at radius 2 is 2.09 bits per heavy atom. The molecule has 1 aromatic rings. The van der Waals surface area contributed by atoms with Gasteiger partial charge in [-0.15, -0.1) is 0 Å². The highest BCUT2D eigenvalue weighted by atomic mass is 16.5. The molecule has 1 saturated heterocycles. The molecular weight excluding hydrogens is 302 g/mol. The lowest BCUT2D eigenvalue weighted by Gasteiger charge is -2.14. The molecule has 2 N–H and O–H groups in total. The molecule has 2 aliphatic rings. The highest BCUT2D eigenvalue weighted by Gasteiger charge is 2.21. The van der Waals surface area contributed by atoms with Crippen LogP contribution in [0.25, 0.3) is 0 Å². The number of aliphatic hydroxyl groups excluding tert-OH is 1. The summed E-state index contributed by atoms with van der Waals surface area (Å²) in [6.07, 6.45) is 5.63. The number of nitrogens with one attached hydrogen (secondary N) is 1. The van der Waals surface area contributed by atoms with Crippen LogP contribution in [0.2, 0.25) is 0 Å². The zero-order valence-corrected chi connectivity index (χ0v) is 13.2. The number of aromatic amines is 1. The van der Waals surface area contributed by atoms with Gasteiger partial charge in [0.1, 0.15) is 6.10 Å². The highest BCUT2D eigenvalue weighted by Crippen LogP contribution is 2.18. The lowest BCUT2D eigenvalue weighted by atomic mass is 10.3. The number of hydrogen-bond donors (Lipinski definition) is 2. The summed E-state index contributed by atoms with van der Waals surface area (Å²) in [7, 11) is 1.84. The average Bonchev–Trinajstić information content (AvgIpc) is 3.13. The third kappa shape index (κ3) is 4.17. The van der Waals surface area contributed by atoms with E-state index >= 15 is 0 Å². The summed E-state index contributed by atoms with van der Waals surface area (Å²) in [6.45, 7) is 2.43. The molecule has 0 spiro atoms. The number of H-pyrrole nitrogens is 1. The predicted molar refractivity (Wildman–Crippen MR) is 83.1 cm³/mol. The van der Waals surface area contributed by atoms with Crippen LogP contribution in [0.1, 0.15) is 24.6 Å². The molecule has 0 aliphatic carbocycles. The van der Waals surface area contributed by atoms with Crippen LogP contribution in [-0.4, -0.2) is 51.8 Å². The monoisotopic (exact) mass is 323 g/mol. The summed E-state index contributed by atoms with van der Waals surface area (Å²) in [4.78, 5) is 37.1. The average molecular weight is 323 g/mol. The summed E-state index contributed by atoms with van der Waals surface area (Å²) in [5.74, 6) is 0.292. The summed E-state index contributed by atoms with van der Waals surface area (Å²) in [5.41, 5.74) is -0.491. The van der Waals surface area contributed by atoms with E-state index in [2.05, 4.69) is 4.98 Å². The number of hydrogen-bond acceptors (Lipinski definition) is 5. The Labute approximate surface area is 133 Å². The number of carbonyl (C=O) groups is 1. The molecule has 2 aliphatic heterocycles. The van der Waals surface area contributed by atoms with Gasteiger partial charge in [-0.3, -0.25) is 19.1 Å². The molecule has 2 atom stereocenters. The SMILES string of the molecule is CN1CCCC1=O.Cc1cn([C@H]2C=C[C@@H](CO)O2)c(=O)[nH]c1=O. The second kappa shape index (κ2) is 7.38. The maximum atomic E-state index is 11.5. The van der Waals surface area contributed by atoms with Crippen molar-refractivity contribution in [2.45, 2.75) is 32.1 Å². The molecule has 3 heterocycles. The minimum Gasteiger partial charge on any atom is -0.393 e. The number of aryl methyl sites for hydroxylation is 1. The minimum absolute atomic E-state index is 0.135. The maximum absolute atomic E-state index is 11.5. The molecule has 0 unspecified atom stereocenters. The van der Waals surface area contributed by atoms with Gasteiger partial charge in [0.25, 0.3) is 5.56 Å². The second-order valence-corrected chi connectivity index (χ2v) is 5.53. The molecule has 0 bridgehead atoms. The van der Waals surface area contributed by atoms with E-state index in [4.69, 9.17) is 9.84 Å². The van der Waals surface area contributed by atoms with Gasteiger partial charge in [0.15, 0.2) is 6.23 Å². The topological polar surface area (TPSA) is 105 Å². The first-order valence-corrected chi connectivity index (χ1v) is 7.43. The lowest BCUT2D eigenvalue weighted by Crippen LogP contribution is -2.33. The minimum atomic E-state index is -0.569. The van der Waals surface area contributed by atoms with Gasteiger partial charge < -0.3 is 14.7 Å². The van der Waals surface area contributed by atoms with E-state index in [0.717, 1.165) is 19.4 Å². The van der Waals surface area contributed by atoms with Crippen LogP contribution < -0.4 is 11.2 Å². The van der Waals surface area contributed by atoms with Gasteiger partial charge >= 0.3 is 5.69 Å². The number of aromatic nitrogens is 2. The fraction of sp³-hybridized carbons (Fsp3) is 0.533. The predicted octanol–water partition coefficient (Wildman–Crippen LogP) is -0.470. The van der Waals surface area contributed by atoms with Crippen LogP contribution in [0.15, 0.2) is 27.9 Å². The number of aliphatic hydroxyl groups is 1. The van der Waals surface area contributed by atoms with E-state index in [9.17, 15) is 14.4 Å². The van der Waals surface area contributed by atoms with Crippen molar-refractivity contribution in [3.63, 3.8) is 0 Å².